The molecule has 0 aliphatic carbocycles. The molecule has 1 saturated heterocycles. The number of anilines is 3. The molecule has 150 valence electrons. The van der Waals surface area contributed by atoms with Gasteiger partial charge in [-0.05, 0) is 24.3 Å². The molecular formula is C22H24N4O3. The second-order valence-corrected chi connectivity index (χ2v) is 7.38. The molecule has 7 nitrogen and oxygen atoms in total. The summed E-state index contributed by atoms with van der Waals surface area (Å²) in [7, 11) is 1.73. The molecule has 2 aliphatic heterocycles. The average Bonchev–Trinajstić information content (AvgIpc) is 2.82. The summed E-state index contributed by atoms with van der Waals surface area (Å²) in [5.41, 5.74) is 2.49. The molecule has 2 aromatic rings. The number of hydrogen-bond acceptors (Lipinski definition) is 4. The topological polar surface area (TPSA) is 64.2 Å². The normalized spacial score (nSPS) is 16.9. The highest BCUT2D eigenvalue weighted by molar-refractivity contribution is 6.18. The minimum Gasteiger partial charge on any atom is -0.340 e. The summed E-state index contributed by atoms with van der Waals surface area (Å²) in [6.45, 7) is 4.35. The Kier molecular flexibility index (Phi) is 5.07. The van der Waals surface area contributed by atoms with Gasteiger partial charge in [-0.3, -0.25) is 24.2 Å². The molecule has 2 aliphatic rings. The van der Waals surface area contributed by atoms with E-state index < -0.39 is 0 Å². The lowest BCUT2D eigenvalue weighted by atomic mass is 10.1. The second kappa shape index (κ2) is 7.67. The smallest absolute Gasteiger partial charge is 0.260 e. The van der Waals surface area contributed by atoms with Crippen LogP contribution in [0.4, 0.5) is 17.1 Å². The fourth-order valence-electron chi connectivity index (χ4n) is 3.96. The van der Waals surface area contributed by atoms with Crippen molar-refractivity contribution in [3.8, 4) is 0 Å². The summed E-state index contributed by atoms with van der Waals surface area (Å²) in [5.74, 6) is -0.171. The van der Waals surface area contributed by atoms with Crippen molar-refractivity contribution in [1.82, 2.24) is 9.80 Å². The van der Waals surface area contributed by atoms with Gasteiger partial charge < -0.3 is 9.80 Å². The molecule has 0 radical (unpaired) electrons. The second-order valence-electron chi connectivity index (χ2n) is 7.38. The first kappa shape index (κ1) is 19.1. The van der Waals surface area contributed by atoms with Crippen molar-refractivity contribution in [2.24, 2.45) is 0 Å². The first-order chi connectivity index (χ1) is 14.0. The molecule has 0 saturated carbocycles. The van der Waals surface area contributed by atoms with Crippen LogP contribution in [0.15, 0.2) is 48.5 Å². The summed E-state index contributed by atoms with van der Waals surface area (Å²) in [6.07, 6.45) is 0. The van der Waals surface area contributed by atoms with E-state index in [4.69, 9.17) is 0 Å². The predicted octanol–water partition coefficient (Wildman–Crippen LogP) is 2.11. The first-order valence-electron chi connectivity index (χ1n) is 9.74. The van der Waals surface area contributed by atoms with Crippen molar-refractivity contribution in [2.45, 2.75) is 6.92 Å². The van der Waals surface area contributed by atoms with Crippen LogP contribution in [-0.2, 0) is 9.59 Å². The van der Waals surface area contributed by atoms with Gasteiger partial charge in [0.15, 0.2) is 0 Å². The van der Waals surface area contributed by atoms with E-state index >= 15 is 0 Å². The van der Waals surface area contributed by atoms with Crippen molar-refractivity contribution in [3.63, 3.8) is 0 Å². The van der Waals surface area contributed by atoms with E-state index in [-0.39, 0.29) is 24.3 Å². The highest BCUT2D eigenvalue weighted by atomic mass is 16.2. The van der Waals surface area contributed by atoms with E-state index in [0.717, 1.165) is 0 Å². The molecule has 0 aromatic heterocycles. The molecule has 0 bridgehead atoms. The monoisotopic (exact) mass is 392 g/mol. The van der Waals surface area contributed by atoms with Gasteiger partial charge in [0, 0.05) is 40.2 Å². The maximum atomic E-state index is 13.4. The third-order valence-corrected chi connectivity index (χ3v) is 5.59. The van der Waals surface area contributed by atoms with Crippen LogP contribution in [0.3, 0.4) is 0 Å². The number of rotatable bonds is 2. The zero-order valence-corrected chi connectivity index (χ0v) is 16.7. The zero-order chi connectivity index (χ0) is 20.5. The van der Waals surface area contributed by atoms with Gasteiger partial charge in [0.05, 0.1) is 29.2 Å². The maximum absolute atomic E-state index is 13.4. The van der Waals surface area contributed by atoms with E-state index in [1.165, 1.54) is 0 Å². The Morgan fingerprint density at radius 3 is 2.10 bits per heavy atom. The van der Waals surface area contributed by atoms with Gasteiger partial charge in [-0.15, -0.1) is 0 Å². The molecule has 29 heavy (non-hydrogen) atoms. The van der Waals surface area contributed by atoms with E-state index in [9.17, 15) is 14.4 Å². The van der Waals surface area contributed by atoms with E-state index in [2.05, 4.69) is 4.90 Å². The van der Waals surface area contributed by atoms with Crippen LogP contribution in [0.1, 0.15) is 17.3 Å². The number of carbonyl (C=O) groups is 3. The molecule has 3 amide bonds. The van der Waals surface area contributed by atoms with E-state index in [0.29, 0.717) is 48.8 Å². The number of nitrogens with zero attached hydrogens (tertiary/aromatic N) is 4. The number of fused-ring (bicyclic) bond motifs is 2. The Labute approximate surface area is 170 Å². The van der Waals surface area contributed by atoms with Crippen molar-refractivity contribution in [3.05, 3.63) is 54.1 Å². The number of amides is 3. The Morgan fingerprint density at radius 1 is 0.862 bits per heavy atom. The minimum atomic E-state index is -0.140. The van der Waals surface area contributed by atoms with Crippen molar-refractivity contribution >= 4 is 34.8 Å². The van der Waals surface area contributed by atoms with Gasteiger partial charge in [-0.25, -0.2) is 0 Å². The average molecular weight is 392 g/mol. The summed E-state index contributed by atoms with van der Waals surface area (Å²) in [6, 6.07) is 14.7. The quantitative estimate of drug-likeness (QED) is 0.785. The summed E-state index contributed by atoms with van der Waals surface area (Å²) in [4.78, 5) is 45.1. The van der Waals surface area contributed by atoms with Crippen LogP contribution >= 0.6 is 0 Å². The first-order valence-corrected chi connectivity index (χ1v) is 9.74. The van der Waals surface area contributed by atoms with Gasteiger partial charge in [0.25, 0.3) is 5.91 Å². The molecule has 0 spiro atoms. The molecule has 0 unspecified atom stereocenters. The van der Waals surface area contributed by atoms with Gasteiger partial charge >= 0.3 is 0 Å². The van der Waals surface area contributed by atoms with Gasteiger partial charge in [0.1, 0.15) is 0 Å². The molecular weight excluding hydrogens is 368 g/mol. The standard InChI is InChI=1S/C22H24N4O3/c1-16(27)25-13-11-24(12-14-25)15-21(28)26-18-8-4-3-7-17(18)22(29)23(2)19-9-5-6-10-20(19)26/h3-10H,11-15H2,1-2H3. The lowest BCUT2D eigenvalue weighted by molar-refractivity contribution is -0.130. The van der Waals surface area contributed by atoms with Crippen LogP contribution in [0.2, 0.25) is 0 Å². The van der Waals surface area contributed by atoms with E-state index in [1.54, 1.807) is 34.7 Å². The lowest BCUT2D eigenvalue weighted by Crippen LogP contribution is -2.50. The third-order valence-electron chi connectivity index (χ3n) is 5.59. The fraction of sp³-hybridized carbons (Fsp3) is 0.318. The Morgan fingerprint density at radius 2 is 1.45 bits per heavy atom. The Bertz CT molecular complexity index is 966. The van der Waals surface area contributed by atoms with Crippen molar-refractivity contribution < 1.29 is 14.4 Å². The van der Waals surface area contributed by atoms with Crippen LogP contribution in [0.5, 0.6) is 0 Å². The van der Waals surface area contributed by atoms with Crippen LogP contribution in [0, 0.1) is 0 Å². The van der Waals surface area contributed by atoms with Crippen LogP contribution in [0.25, 0.3) is 0 Å². The maximum Gasteiger partial charge on any atom is 0.260 e. The largest absolute Gasteiger partial charge is 0.340 e. The minimum absolute atomic E-state index is 0.0629. The molecule has 4 rings (SSSR count). The summed E-state index contributed by atoms with van der Waals surface area (Å²) >= 11 is 0. The zero-order valence-electron chi connectivity index (χ0n) is 16.7. The van der Waals surface area contributed by atoms with Crippen LogP contribution in [-0.4, -0.2) is 67.3 Å². The molecule has 0 N–H and O–H groups in total. The number of piperazine rings is 1. The number of carbonyl (C=O) groups excluding carboxylic acids is 3. The number of para-hydroxylation sites is 3. The highest BCUT2D eigenvalue weighted by Gasteiger charge is 2.33. The number of hydrogen-bond donors (Lipinski definition) is 0. The Balaban J connectivity index is 1.67. The summed E-state index contributed by atoms with van der Waals surface area (Å²) < 4.78 is 0. The molecule has 7 heteroatoms. The predicted molar refractivity (Wildman–Crippen MR) is 111 cm³/mol. The lowest BCUT2D eigenvalue weighted by Gasteiger charge is -2.35. The molecule has 1 fully saturated rings. The van der Waals surface area contributed by atoms with Gasteiger partial charge in [0.2, 0.25) is 11.8 Å². The fourth-order valence-corrected chi connectivity index (χ4v) is 3.96. The SMILES string of the molecule is CC(=O)N1CCN(CC(=O)N2c3ccccc3C(=O)N(C)c3ccccc32)CC1. The molecule has 0 atom stereocenters. The van der Waals surface area contributed by atoms with Crippen LogP contribution < -0.4 is 9.80 Å². The Hall–Kier alpha value is -3.19. The van der Waals surface area contributed by atoms with Crippen molar-refractivity contribution in [1.29, 1.82) is 0 Å². The van der Waals surface area contributed by atoms with Crippen molar-refractivity contribution in [2.75, 3.05) is 49.6 Å². The molecule has 2 heterocycles. The van der Waals surface area contributed by atoms with Gasteiger partial charge in [-0.1, -0.05) is 24.3 Å². The molecule has 2 aromatic carbocycles. The van der Waals surface area contributed by atoms with Gasteiger partial charge in [-0.2, -0.15) is 0 Å². The summed E-state index contributed by atoms with van der Waals surface area (Å²) in [5, 5.41) is 0. The highest BCUT2D eigenvalue weighted by Crippen LogP contribution is 2.40. The third kappa shape index (κ3) is 3.49. The number of benzene rings is 2. The van der Waals surface area contributed by atoms with E-state index in [1.807, 2.05) is 42.5 Å².